The van der Waals surface area contributed by atoms with Crippen LogP contribution in [0, 0.1) is 25.2 Å². The van der Waals surface area contributed by atoms with E-state index >= 15 is 0 Å². The van der Waals surface area contributed by atoms with Gasteiger partial charge in [0.25, 0.3) is 0 Å². The molecule has 2 aromatic rings. The van der Waals surface area contributed by atoms with E-state index in [4.69, 9.17) is 10.5 Å². The second-order valence-electron chi connectivity index (χ2n) is 4.72. The predicted molar refractivity (Wildman–Crippen MR) is 91.1 cm³/mol. The van der Waals surface area contributed by atoms with E-state index < -0.39 is 5.97 Å². The Hall–Kier alpha value is -1.78. The largest absolute Gasteiger partial charge is 0.464 e. The number of carbonyl (C=O) groups is 1. The molecule has 0 bridgehead atoms. The molecule has 0 spiro atoms. The lowest BCUT2D eigenvalue weighted by atomic mass is 10.1. The number of esters is 1. The molecule has 0 aliphatic carbocycles. The maximum atomic E-state index is 12.1. The number of rotatable bonds is 2. The smallest absolute Gasteiger partial charge is 0.357 e. The lowest BCUT2D eigenvalue weighted by Crippen LogP contribution is -2.12. The molecular weight excluding hydrogens is 414 g/mol. The Morgan fingerprint density at radius 2 is 1.95 bits per heavy atom. The van der Waals surface area contributed by atoms with Gasteiger partial charge < -0.3 is 15.0 Å². The zero-order valence-corrected chi connectivity index (χ0v) is 15.4. The molecule has 1 heterocycles. The molecule has 0 fully saturated rings. The normalized spacial score (nSPS) is 10.4. The van der Waals surface area contributed by atoms with Crippen LogP contribution >= 0.6 is 31.9 Å². The minimum Gasteiger partial charge on any atom is -0.464 e. The molecule has 0 aliphatic heterocycles. The fourth-order valence-electron chi connectivity index (χ4n) is 2.21. The van der Waals surface area contributed by atoms with Crippen molar-refractivity contribution in [2.75, 3.05) is 12.8 Å². The first-order valence-corrected chi connectivity index (χ1v) is 7.86. The van der Waals surface area contributed by atoms with E-state index in [1.165, 1.54) is 7.11 Å². The van der Waals surface area contributed by atoms with E-state index in [1.807, 2.05) is 26.0 Å². The number of nitrogens with zero attached hydrogens (tertiary/aromatic N) is 2. The van der Waals surface area contributed by atoms with Crippen molar-refractivity contribution in [1.29, 1.82) is 5.26 Å². The fraction of sp³-hybridized carbons (Fsp3) is 0.200. The molecule has 1 aromatic carbocycles. The maximum absolute atomic E-state index is 12.1. The number of anilines is 1. The minimum absolute atomic E-state index is 0.112. The molecule has 7 heteroatoms. The number of methoxy groups -OCH3 is 1. The number of halogens is 2. The molecule has 2 rings (SSSR count). The Bertz CT molecular complexity index is 819. The molecule has 114 valence electrons. The molecule has 0 amide bonds. The van der Waals surface area contributed by atoms with Gasteiger partial charge in [0.15, 0.2) is 5.69 Å². The Labute approximate surface area is 144 Å². The first kappa shape index (κ1) is 16.6. The van der Waals surface area contributed by atoms with Crippen molar-refractivity contribution in [2.45, 2.75) is 13.8 Å². The summed E-state index contributed by atoms with van der Waals surface area (Å²) in [7, 11) is 1.28. The summed E-state index contributed by atoms with van der Waals surface area (Å²) in [6, 6.07) is 3.88. The van der Waals surface area contributed by atoms with Gasteiger partial charge in [-0.15, -0.1) is 0 Å². The van der Waals surface area contributed by atoms with Crippen molar-refractivity contribution >= 4 is 43.5 Å². The molecule has 0 saturated carbocycles. The first-order valence-electron chi connectivity index (χ1n) is 6.28. The molecule has 5 nitrogen and oxygen atoms in total. The number of benzene rings is 1. The van der Waals surface area contributed by atoms with Crippen molar-refractivity contribution in [3.8, 4) is 11.8 Å². The second kappa shape index (κ2) is 6.15. The number of nitriles is 1. The van der Waals surface area contributed by atoms with Crippen LogP contribution in [0.3, 0.4) is 0 Å². The number of nitrogen functional groups attached to an aromatic ring is 1. The zero-order chi connectivity index (χ0) is 16.6. The van der Waals surface area contributed by atoms with E-state index in [0.29, 0.717) is 0 Å². The second-order valence-corrected chi connectivity index (χ2v) is 6.43. The van der Waals surface area contributed by atoms with Crippen molar-refractivity contribution in [2.24, 2.45) is 0 Å². The Kier molecular flexibility index (Phi) is 4.63. The highest BCUT2D eigenvalue weighted by Crippen LogP contribution is 2.35. The third-order valence-electron chi connectivity index (χ3n) is 3.54. The number of nitrogens with two attached hydrogens (primary N) is 1. The first-order chi connectivity index (χ1) is 10.3. The SMILES string of the molecule is COC(=O)c1c(N)c(C#N)cn1-c1c(Br)cc(Br)c(C)c1C. The summed E-state index contributed by atoms with van der Waals surface area (Å²) in [5.41, 5.74) is 9.13. The van der Waals surface area contributed by atoms with Gasteiger partial charge >= 0.3 is 5.97 Å². The summed E-state index contributed by atoms with van der Waals surface area (Å²) >= 11 is 6.99. The van der Waals surface area contributed by atoms with Crippen LogP contribution in [0.5, 0.6) is 0 Å². The maximum Gasteiger partial charge on any atom is 0.357 e. The Morgan fingerprint density at radius 3 is 2.50 bits per heavy atom. The van der Waals surface area contributed by atoms with Crippen molar-refractivity contribution in [3.05, 3.63) is 43.6 Å². The van der Waals surface area contributed by atoms with E-state index in [9.17, 15) is 10.1 Å². The van der Waals surface area contributed by atoms with E-state index in [-0.39, 0.29) is 16.9 Å². The highest BCUT2D eigenvalue weighted by molar-refractivity contribution is 9.11. The lowest BCUT2D eigenvalue weighted by molar-refractivity contribution is 0.0593. The van der Waals surface area contributed by atoms with Gasteiger partial charge in [-0.3, -0.25) is 0 Å². The van der Waals surface area contributed by atoms with Crippen LogP contribution in [0.2, 0.25) is 0 Å². The van der Waals surface area contributed by atoms with Gasteiger partial charge in [0.1, 0.15) is 6.07 Å². The van der Waals surface area contributed by atoms with Gasteiger partial charge in [-0.2, -0.15) is 5.26 Å². The zero-order valence-electron chi connectivity index (χ0n) is 12.2. The molecule has 1 aromatic heterocycles. The van der Waals surface area contributed by atoms with Crippen LogP contribution in [-0.4, -0.2) is 17.6 Å². The topological polar surface area (TPSA) is 81.0 Å². The molecule has 0 radical (unpaired) electrons. The van der Waals surface area contributed by atoms with Crippen LogP contribution in [-0.2, 0) is 4.74 Å². The van der Waals surface area contributed by atoms with Crippen LogP contribution in [0.1, 0.15) is 27.2 Å². The molecule has 0 unspecified atom stereocenters. The van der Waals surface area contributed by atoms with Gasteiger partial charge in [0.2, 0.25) is 0 Å². The molecular formula is C15H13Br2N3O2. The highest BCUT2D eigenvalue weighted by atomic mass is 79.9. The standard InChI is InChI=1S/C15H13Br2N3O2/c1-7-8(2)13(11(17)4-10(7)16)20-6-9(5-18)12(19)14(20)15(21)22-3/h4,6H,19H2,1-3H3. The van der Waals surface area contributed by atoms with Crippen molar-refractivity contribution < 1.29 is 9.53 Å². The third kappa shape index (κ3) is 2.53. The molecule has 0 atom stereocenters. The van der Waals surface area contributed by atoms with Crippen molar-refractivity contribution in [1.82, 2.24) is 4.57 Å². The van der Waals surface area contributed by atoms with Gasteiger partial charge in [0.05, 0.1) is 24.0 Å². The molecule has 2 N–H and O–H groups in total. The monoisotopic (exact) mass is 425 g/mol. The number of carbonyl (C=O) groups excluding carboxylic acids is 1. The third-order valence-corrected chi connectivity index (χ3v) is 4.97. The lowest BCUT2D eigenvalue weighted by Gasteiger charge is -2.16. The molecule has 0 saturated heterocycles. The average Bonchev–Trinajstić information content (AvgIpc) is 2.80. The van der Waals surface area contributed by atoms with Crippen molar-refractivity contribution in [3.63, 3.8) is 0 Å². The minimum atomic E-state index is -0.592. The fourth-order valence-corrected chi connectivity index (χ4v) is 3.76. The van der Waals surface area contributed by atoms with E-state index in [2.05, 4.69) is 31.9 Å². The summed E-state index contributed by atoms with van der Waals surface area (Å²) < 4.78 is 8.11. The number of hydrogen-bond acceptors (Lipinski definition) is 4. The Morgan fingerprint density at radius 1 is 1.32 bits per heavy atom. The number of aromatic nitrogens is 1. The summed E-state index contributed by atoms with van der Waals surface area (Å²) in [6.07, 6.45) is 1.54. The van der Waals surface area contributed by atoms with Gasteiger partial charge in [-0.25, -0.2) is 4.79 Å². The Balaban J connectivity index is 2.88. The summed E-state index contributed by atoms with van der Waals surface area (Å²) in [4.78, 5) is 12.1. The number of hydrogen-bond donors (Lipinski definition) is 1. The summed E-state index contributed by atoms with van der Waals surface area (Å²) in [5.74, 6) is -0.592. The van der Waals surface area contributed by atoms with Gasteiger partial charge in [-0.05, 0) is 47.0 Å². The van der Waals surface area contributed by atoms with Crippen LogP contribution in [0.15, 0.2) is 21.2 Å². The van der Waals surface area contributed by atoms with Crippen LogP contribution in [0.4, 0.5) is 5.69 Å². The van der Waals surface area contributed by atoms with Gasteiger partial charge in [-0.1, -0.05) is 15.9 Å². The molecule has 22 heavy (non-hydrogen) atoms. The van der Waals surface area contributed by atoms with E-state index in [0.717, 1.165) is 25.8 Å². The van der Waals surface area contributed by atoms with Crippen LogP contribution in [0.25, 0.3) is 5.69 Å². The quantitative estimate of drug-likeness (QED) is 0.739. The highest BCUT2D eigenvalue weighted by Gasteiger charge is 2.24. The average molecular weight is 427 g/mol. The van der Waals surface area contributed by atoms with Crippen LogP contribution < -0.4 is 5.73 Å². The summed E-state index contributed by atoms with van der Waals surface area (Å²) in [6.45, 7) is 3.90. The number of ether oxygens (including phenoxy) is 1. The summed E-state index contributed by atoms with van der Waals surface area (Å²) in [5, 5.41) is 9.18. The molecule has 0 aliphatic rings. The van der Waals surface area contributed by atoms with Gasteiger partial charge in [0, 0.05) is 15.1 Å². The van der Waals surface area contributed by atoms with E-state index in [1.54, 1.807) is 10.8 Å². The predicted octanol–water partition coefficient (Wildman–Crippen LogP) is 3.86.